The number of hydrogen-bond acceptors (Lipinski definition) is 3. The summed E-state index contributed by atoms with van der Waals surface area (Å²) in [7, 11) is 0. The lowest BCUT2D eigenvalue weighted by Crippen LogP contribution is -2.38. The van der Waals surface area contributed by atoms with Crippen LogP contribution in [-0.4, -0.2) is 22.8 Å². The molecule has 5 heteroatoms. The second-order valence-corrected chi connectivity index (χ2v) is 14.3. The summed E-state index contributed by atoms with van der Waals surface area (Å²) in [6, 6.07) is 38.9. The quantitative estimate of drug-likeness (QED) is 0.180. The molecule has 0 aliphatic rings. The fourth-order valence-corrected chi connectivity index (χ4v) is 8.91. The molecule has 0 spiro atoms. The van der Waals surface area contributed by atoms with E-state index in [0.717, 1.165) is 21.5 Å². The Morgan fingerprint density at radius 2 is 1.23 bits per heavy atom. The first kappa shape index (κ1) is 28.8. The maximum atomic E-state index is 14.8. The zero-order chi connectivity index (χ0) is 28.8. The maximum absolute atomic E-state index is 14.8. The minimum absolute atomic E-state index is 0.139. The van der Waals surface area contributed by atoms with Gasteiger partial charge in [-0.3, -0.25) is 4.79 Å². The molecule has 1 N–H and O–H groups in total. The van der Waals surface area contributed by atoms with Crippen LogP contribution in [0.2, 0.25) is 0 Å². The van der Waals surface area contributed by atoms with Crippen molar-refractivity contribution >= 4 is 45.3 Å². The van der Waals surface area contributed by atoms with Gasteiger partial charge in [-0.05, 0) is 47.6 Å². The zero-order valence-corrected chi connectivity index (χ0v) is 24.4. The van der Waals surface area contributed by atoms with E-state index in [1.807, 2.05) is 143 Å². The Labute approximate surface area is 238 Å². The molecule has 0 radical (unpaired) electrons. The average Bonchev–Trinajstić information content (AvgIpc) is 2.97. The van der Waals surface area contributed by atoms with E-state index in [-0.39, 0.29) is 17.5 Å². The summed E-state index contributed by atoms with van der Waals surface area (Å²) in [6.45, 7) is 5.00. The molecule has 4 rings (SSSR count). The molecule has 0 saturated carbocycles. The van der Waals surface area contributed by atoms with Crippen molar-refractivity contribution in [3.05, 3.63) is 126 Å². The number of nitriles is 1. The monoisotopic (exact) mass is 544 g/mol. The minimum atomic E-state index is -2.89. The molecule has 0 aliphatic carbocycles. The van der Waals surface area contributed by atoms with E-state index in [1.54, 1.807) is 0 Å². The van der Waals surface area contributed by atoms with Crippen molar-refractivity contribution in [3.8, 4) is 6.07 Å². The molecule has 0 aromatic heterocycles. The third-order valence-electron chi connectivity index (χ3n) is 7.05. The van der Waals surface area contributed by atoms with Crippen molar-refractivity contribution in [2.75, 3.05) is 0 Å². The molecule has 0 aliphatic heterocycles. The van der Waals surface area contributed by atoms with E-state index in [1.165, 1.54) is 0 Å². The Kier molecular flexibility index (Phi) is 8.88. The maximum Gasteiger partial charge on any atom is 0.160 e. The van der Waals surface area contributed by atoms with E-state index in [4.69, 9.17) is 10.7 Å². The summed E-state index contributed by atoms with van der Waals surface area (Å²) in [5.41, 5.74) is 1.74. The number of benzene rings is 4. The van der Waals surface area contributed by atoms with Gasteiger partial charge in [-0.25, -0.2) is 0 Å². The molecule has 1 unspecified atom stereocenters. The van der Waals surface area contributed by atoms with Crippen LogP contribution in [0.1, 0.15) is 32.8 Å². The summed E-state index contributed by atoms with van der Waals surface area (Å²) < 4.78 is 0. The highest BCUT2D eigenvalue weighted by molar-refractivity contribution is 7.97. The Hall–Kier alpha value is -4.19. The Morgan fingerprint density at radius 1 is 0.800 bits per heavy atom. The molecule has 4 aromatic rings. The van der Waals surface area contributed by atoms with Crippen LogP contribution in [0.15, 0.2) is 115 Å². The zero-order valence-electron chi connectivity index (χ0n) is 23.5. The molecule has 202 valence electrons. The first-order valence-electron chi connectivity index (χ1n) is 13.4. The predicted octanol–water partition coefficient (Wildman–Crippen LogP) is 7.08. The Balaban J connectivity index is 2.05. The van der Waals surface area contributed by atoms with Crippen LogP contribution >= 0.6 is 6.89 Å². The average molecular weight is 545 g/mol. The highest BCUT2D eigenvalue weighted by atomic mass is 31.2. The largest absolute Gasteiger partial charge is 0.675 e. The normalized spacial score (nSPS) is 12.2. The van der Waals surface area contributed by atoms with Crippen LogP contribution in [-0.2, 0) is 4.79 Å². The molecule has 0 amide bonds. The molecular weight excluding hydrogens is 509 g/mol. The summed E-state index contributed by atoms with van der Waals surface area (Å²) in [5.74, 6) is -0.332. The Morgan fingerprint density at radius 3 is 1.60 bits per heavy atom. The number of carbonyl (C=O) groups is 1. The van der Waals surface area contributed by atoms with Gasteiger partial charge in [0.15, 0.2) is 5.78 Å². The van der Waals surface area contributed by atoms with Crippen LogP contribution < -0.4 is 15.9 Å². The van der Waals surface area contributed by atoms with Crippen LogP contribution in [0.25, 0.3) is 5.32 Å². The molecular formula is C35H35N3OP-. The molecule has 1 atom stereocenters. The molecule has 0 fully saturated rings. The number of ketones is 1. The molecule has 40 heavy (non-hydrogen) atoms. The molecule has 0 saturated heterocycles. The standard InChI is InChI=1S/C35H35N3OP/c1-26-20-22-27(23-21-26)38-31(24-33(37)35(2,3)4)34(39)32(25-36)40(28-14-8-5-9-15-28,29-16-10-6-11-17-29)30-18-12-7-13-19-30/h5-23,31,37H,24H2,1-4H3/q-1. The van der Waals surface area contributed by atoms with E-state index in [0.29, 0.717) is 11.4 Å². The van der Waals surface area contributed by atoms with Crippen molar-refractivity contribution in [3.63, 3.8) is 0 Å². The van der Waals surface area contributed by atoms with Gasteiger partial charge >= 0.3 is 0 Å². The summed E-state index contributed by atoms with van der Waals surface area (Å²) in [5, 5.41) is 27.5. The van der Waals surface area contributed by atoms with Crippen molar-refractivity contribution in [1.82, 2.24) is 0 Å². The van der Waals surface area contributed by atoms with Gasteiger partial charge in [-0.1, -0.05) is 142 Å². The number of nitrogens with one attached hydrogen (secondary N) is 1. The van der Waals surface area contributed by atoms with Crippen LogP contribution in [0, 0.1) is 29.1 Å². The first-order chi connectivity index (χ1) is 19.2. The topological polar surface area (TPSA) is 78.8 Å². The summed E-state index contributed by atoms with van der Waals surface area (Å²) in [4.78, 5) is 14.8. The summed E-state index contributed by atoms with van der Waals surface area (Å²) in [6.07, 6.45) is 0.139. The van der Waals surface area contributed by atoms with E-state index >= 15 is 0 Å². The van der Waals surface area contributed by atoms with E-state index in [9.17, 15) is 10.1 Å². The second-order valence-electron chi connectivity index (χ2n) is 10.9. The van der Waals surface area contributed by atoms with Crippen molar-refractivity contribution in [2.45, 2.75) is 40.2 Å². The molecule has 4 aromatic carbocycles. The third kappa shape index (κ3) is 6.01. The van der Waals surface area contributed by atoms with E-state index in [2.05, 4.69) is 6.07 Å². The molecule has 0 bridgehead atoms. The minimum Gasteiger partial charge on any atom is -0.675 e. The lowest BCUT2D eigenvalue weighted by Gasteiger charge is -2.37. The van der Waals surface area contributed by atoms with Crippen molar-refractivity contribution in [2.24, 2.45) is 5.41 Å². The van der Waals surface area contributed by atoms with E-state index < -0.39 is 18.3 Å². The van der Waals surface area contributed by atoms with Crippen molar-refractivity contribution in [1.29, 1.82) is 10.7 Å². The van der Waals surface area contributed by atoms with Crippen molar-refractivity contribution < 1.29 is 4.79 Å². The van der Waals surface area contributed by atoms with Gasteiger partial charge in [0.2, 0.25) is 0 Å². The highest BCUT2D eigenvalue weighted by Gasteiger charge is 2.34. The number of carbonyl (C=O) groups excluding carboxylic acids is 1. The Bertz CT molecular complexity index is 1460. The van der Waals surface area contributed by atoms with Gasteiger partial charge in [0.25, 0.3) is 0 Å². The number of hydrogen-bond donors (Lipinski definition) is 1. The number of rotatable bonds is 9. The lowest BCUT2D eigenvalue weighted by molar-refractivity contribution is -0.113. The number of Topliss-reactive ketones (excluding diaryl/α,β-unsaturated/α-hetero) is 1. The first-order valence-corrected chi connectivity index (χ1v) is 15.2. The van der Waals surface area contributed by atoms with Crippen LogP contribution in [0.5, 0.6) is 0 Å². The lowest BCUT2D eigenvalue weighted by atomic mass is 9.85. The second kappa shape index (κ2) is 12.3. The number of nitrogens with zero attached hydrogens (tertiary/aromatic N) is 2. The summed E-state index contributed by atoms with van der Waals surface area (Å²) >= 11 is 0. The third-order valence-corrected chi connectivity index (χ3v) is 11.3. The van der Waals surface area contributed by atoms with Gasteiger partial charge in [0, 0.05) is 5.71 Å². The van der Waals surface area contributed by atoms with Gasteiger partial charge in [-0.15, -0.1) is 5.69 Å². The van der Waals surface area contributed by atoms with Gasteiger partial charge in [-0.2, -0.15) is 5.26 Å². The number of aryl methyl sites for hydroxylation is 1. The van der Waals surface area contributed by atoms with Crippen LogP contribution in [0.3, 0.4) is 0 Å². The fraction of sp³-hybridized carbons (Fsp3) is 0.200. The van der Waals surface area contributed by atoms with Crippen LogP contribution in [0.4, 0.5) is 5.69 Å². The van der Waals surface area contributed by atoms with Gasteiger partial charge in [0.05, 0.1) is 0 Å². The highest BCUT2D eigenvalue weighted by Crippen LogP contribution is 2.47. The molecule has 0 heterocycles. The van der Waals surface area contributed by atoms with Gasteiger partial charge in [0.1, 0.15) is 11.4 Å². The molecule has 4 nitrogen and oxygen atoms in total. The smallest absolute Gasteiger partial charge is 0.160 e. The SMILES string of the molecule is Cc1ccc([N-]C(CC(=N)C(C)(C)C)C(=O)C(C#N)=P(c2ccccc2)(c2ccccc2)c2ccccc2)cc1. The fourth-order valence-electron chi connectivity index (χ4n) is 4.75. The predicted molar refractivity (Wildman–Crippen MR) is 171 cm³/mol. The van der Waals surface area contributed by atoms with Gasteiger partial charge < -0.3 is 10.7 Å².